The molecule has 0 spiro atoms. The summed E-state index contributed by atoms with van der Waals surface area (Å²) in [5.41, 5.74) is 1.28. The molecule has 1 saturated carbocycles. The molecule has 16 heteroatoms. The number of sulfonamides is 1. The maximum Gasteiger partial charge on any atom is 0.248 e. The average molecular weight is 673 g/mol. The summed E-state index contributed by atoms with van der Waals surface area (Å²) in [6.07, 6.45) is -0.517. The molecule has 1 aliphatic heterocycles. The predicted octanol–water partition coefficient (Wildman–Crippen LogP) is -2.83. The van der Waals surface area contributed by atoms with Crippen LogP contribution in [0.1, 0.15) is 36.8 Å². The number of benzene rings is 1. The molecule has 0 radical (unpaired) electrons. The maximum atomic E-state index is 13.1. The van der Waals surface area contributed by atoms with E-state index in [9.17, 15) is 33.0 Å². The van der Waals surface area contributed by atoms with Crippen molar-refractivity contribution in [2.75, 3.05) is 74.2 Å². The van der Waals surface area contributed by atoms with Crippen molar-refractivity contribution in [2.45, 2.75) is 68.7 Å². The number of amides is 1. The van der Waals surface area contributed by atoms with Crippen molar-refractivity contribution in [3.05, 3.63) is 23.3 Å². The van der Waals surface area contributed by atoms with E-state index in [4.69, 9.17) is 19.7 Å². The molecule has 1 aromatic rings. The van der Waals surface area contributed by atoms with Crippen molar-refractivity contribution in [1.82, 2.24) is 19.0 Å². The second-order valence-electron chi connectivity index (χ2n) is 11.8. The van der Waals surface area contributed by atoms with Crippen molar-refractivity contribution >= 4 is 27.9 Å². The van der Waals surface area contributed by atoms with Crippen LogP contribution in [0.25, 0.3) is 0 Å². The van der Waals surface area contributed by atoms with Crippen LogP contribution in [0.4, 0.5) is 0 Å². The third-order valence-corrected chi connectivity index (χ3v) is 10.7. The lowest BCUT2D eigenvalue weighted by molar-refractivity contribution is -0.333. The zero-order valence-corrected chi connectivity index (χ0v) is 28.3. The van der Waals surface area contributed by atoms with E-state index < -0.39 is 34.2 Å². The van der Waals surface area contributed by atoms with Gasteiger partial charge in [-0.3, -0.25) is 9.69 Å². The Labute approximate surface area is 271 Å². The van der Waals surface area contributed by atoms with Crippen molar-refractivity contribution in [3.63, 3.8) is 0 Å². The number of nitrogens with zero attached hydrogens (tertiary/aromatic N) is 4. The van der Waals surface area contributed by atoms with Crippen LogP contribution in [0.2, 0.25) is 0 Å². The first-order valence-corrected chi connectivity index (χ1v) is 16.6. The summed E-state index contributed by atoms with van der Waals surface area (Å²) >= 11 is 0. The van der Waals surface area contributed by atoms with Crippen LogP contribution in [-0.4, -0.2) is 154 Å². The number of ether oxygens (including phenoxy) is 2. The molecule has 2 fully saturated rings. The summed E-state index contributed by atoms with van der Waals surface area (Å²) in [7, 11) is 3.45. The highest BCUT2D eigenvalue weighted by Gasteiger charge is 2.32. The largest absolute Gasteiger partial charge is 0.547 e. The van der Waals surface area contributed by atoms with Gasteiger partial charge in [0, 0.05) is 58.9 Å². The number of aliphatic hydroxyl groups excluding tert-OH is 2. The highest BCUT2D eigenvalue weighted by molar-refractivity contribution is 7.89. The van der Waals surface area contributed by atoms with Gasteiger partial charge in [-0.2, -0.15) is 4.31 Å². The molecule has 1 aromatic carbocycles. The van der Waals surface area contributed by atoms with Crippen molar-refractivity contribution in [2.24, 2.45) is 0 Å². The van der Waals surface area contributed by atoms with Crippen LogP contribution >= 0.6 is 0 Å². The molecule has 2 aliphatic rings. The number of likely N-dealkylation sites (N-methyl/N-ethyl adjacent to an activating group) is 3. The molecule has 15 nitrogen and oxygen atoms in total. The number of piperazine rings is 1. The van der Waals surface area contributed by atoms with E-state index in [1.54, 1.807) is 33.1 Å². The topological polar surface area (TPSA) is 203 Å². The summed E-state index contributed by atoms with van der Waals surface area (Å²) in [6, 6.07) is 4.21. The Bertz CT molecular complexity index is 1250. The van der Waals surface area contributed by atoms with Gasteiger partial charge in [0.1, 0.15) is 24.6 Å². The molecule has 262 valence electrons. The lowest BCUT2D eigenvalue weighted by Gasteiger charge is -2.43. The Morgan fingerprint density at radius 3 is 2.04 bits per heavy atom. The van der Waals surface area contributed by atoms with Gasteiger partial charge >= 0.3 is 0 Å². The van der Waals surface area contributed by atoms with Crippen LogP contribution in [0.15, 0.2) is 17.0 Å². The molecule has 3 rings (SSSR count). The zero-order chi connectivity index (χ0) is 34.8. The molecular formula is C30H48N4O11S-2. The summed E-state index contributed by atoms with van der Waals surface area (Å²) in [5, 5.41) is 35.7. The Morgan fingerprint density at radius 2 is 1.54 bits per heavy atom. The van der Waals surface area contributed by atoms with Crippen LogP contribution in [-0.2, 0) is 29.1 Å². The van der Waals surface area contributed by atoms with Crippen LogP contribution in [0.5, 0.6) is 5.75 Å². The molecule has 1 saturated heterocycles. The molecule has 0 bridgehead atoms. The first-order chi connectivity index (χ1) is 21.5. The van der Waals surface area contributed by atoms with E-state index in [-0.39, 0.29) is 36.6 Å². The molecule has 1 amide bonds. The number of hydrogen-bond acceptors (Lipinski definition) is 13. The molecule has 0 unspecified atom stereocenters. The van der Waals surface area contributed by atoms with Crippen molar-refractivity contribution in [1.29, 1.82) is 0 Å². The lowest BCUT2D eigenvalue weighted by atomic mass is 9.88. The molecule has 2 N–H and O–H groups in total. The summed E-state index contributed by atoms with van der Waals surface area (Å²) < 4.78 is 38.4. The SMILES string of the molecule is COc1cc(C)c(S(=O)(=O)N(C)CCOCC(=O)N(C)[C@@H]2CCC[C@H](N3CCN(C)CC3)C2)c(C)c1.O=C([O-])[C@@H](O)[C@H](O)C(=O)[O-]. The monoisotopic (exact) mass is 672 g/mol. The Kier molecular flexibility index (Phi) is 15.3. The second kappa shape index (κ2) is 17.9. The van der Waals surface area contributed by atoms with Crippen LogP contribution < -0.4 is 14.9 Å². The minimum atomic E-state index is -3.69. The van der Waals surface area contributed by atoms with Gasteiger partial charge in [-0.15, -0.1) is 0 Å². The van der Waals surface area contributed by atoms with Gasteiger partial charge in [-0.1, -0.05) is 0 Å². The zero-order valence-electron chi connectivity index (χ0n) is 27.5. The van der Waals surface area contributed by atoms with E-state index in [1.165, 1.54) is 17.8 Å². The highest BCUT2D eigenvalue weighted by atomic mass is 32.2. The number of carbonyl (C=O) groups excluding carboxylic acids is 3. The minimum absolute atomic E-state index is 0.0410. The fourth-order valence-electron chi connectivity index (χ4n) is 5.64. The van der Waals surface area contributed by atoms with Gasteiger partial charge in [0.2, 0.25) is 15.9 Å². The summed E-state index contributed by atoms with van der Waals surface area (Å²) in [5.74, 6) is -3.54. The van der Waals surface area contributed by atoms with E-state index in [0.717, 1.165) is 45.4 Å². The molecular weight excluding hydrogens is 624 g/mol. The first kappa shape index (κ1) is 39.3. The Balaban J connectivity index is 0.000000634. The van der Waals surface area contributed by atoms with E-state index in [2.05, 4.69) is 16.8 Å². The lowest BCUT2D eigenvalue weighted by Crippen LogP contribution is -2.52. The molecule has 4 atom stereocenters. The fourth-order valence-corrected chi connectivity index (χ4v) is 7.19. The molecule has 1 aliphatic carbocycles. The number of aryl methyl sites for hydroxylation is 2. The number of rotatable bonds is 13. The third-order valence-electron chi connectivity index (χ3n) is 8.51. The average Bonchev–Trinajstić information content (AvgIpc) is 3.01. The third kappa shape index (κ3) is 10.9. The van der Waals surface area contributed by atoms with Crippen LogP contribution in [0.3, 0.4) is 0 Å². The smallest absolute Gasteiger partial charge is 0.248 e. The van der Waals surface area contributed by atoms with Crippen LogP contribution in [0, 0.1) is 13.8 Å². The van der Waals surface area contributed by atoms with E-state index in [0.29, 0.717) is 22.9 Å². The first-order valence-electron chi connectivity index (χ1n) is 15.2. The number of aliphatic carboxylic acids is 2. The summed E-state index contributed by atoms with van der Waals surface area (Å²) in [6.45, 7) is 8.21. The van der Waals surface area contributed by atoms with Gasteiger partial charge in [-0.05, 0) is 69.8 Å². The standard InChI is InChI=1S/C26H44N4O5S.C4H6O6/c1-20-16-24(34-6)17-21(2)26(20)36(32,33)28(4)14-15-35-19-25(31)29(5)22-8-7-9-23(18-22)30-12-10-27(3)11-13-30;5-1(3(7)8)2(6)4(9)10/h16-17,22-23H,7-15,18-19H2,1-6H3;1-2,5-6H,(H,7,8)(H,9,10)/p-2/t22-,23+;1-,2-/m10/s1. The fraction of sp³-hybridized carbons (Fsp3) is 0.700. The summed E-state index contributed by atoms with van der Waals surface area (Å²) in [4.78, 5) is 39.2. The maximum absolute atomic E-state index is 13.1. The molecule has 46 heavy (non-hydrogen) atoms. The van der Waals surface area contributed by atoms with Gasteiger partial charge < -0.3 is 49.3 Å². The van der Waals surface area contributed by atoms with Crippen molar-refractivity contribution in [3.8, 4) is 5.75 Å². The van der Waals surface area contributed by atoms with Crippen molar-refractivity contribution < 1.29 is 52.7 Å². The molecule has 0 aromatic heterocycles. The second-order valence-corrected chi connectivity index (χ2v) is 13.8. The highest BCUT2D eigenvalue weighted by Crippen LogP contribution is 2.28. The van der Waals surface area contributed by atoms with E-state index >= 15 is 0 Å². The number of hydrogen-bond donors (Lipinski definition) is 2. The molecule has 1 heterocycles. The predicted molar refractivity (Wildman–Crippen MR) is 163 cm³/mol. The normalized spacial score (nSPS) is 20.7. The number of carboxylic acids is 2. The Hall–Kier alpha value is -2.86. The quantitative estimate of drug-likeness (QED) is 0.203. The van der Waals surface area contributed by atoms with Gasteiger partial charge in [-0.25, -0.2) is 8.42 Å². The number of aliphatic hydroxyl groups is 2. The van der Waals surface area contributed by atoms with Gasteiger partial charge in [0.05, 0.1) is 30.6 Å². The minimum Gasteiger partial charge on any atom is -0.547 e. The number of methoxy groups -OCH3 is 1. The van der Waals surface area contributed by atoms with Gasteiger partial charge in [0.15, 0.2) is 0 Å². The number of carboxylic acid groups (broad SMARTS) is 2. The Morgan fingerprint density at radius 1 is 1.00 bits per heavy atom. The van der Waals surface area contributed by atoms with E-state index in [1.807, 2.05) is 11.9 Å². The number of carbonyl (C=O) groups is 3. The van der Waals surface area contributed by atoms with Gasteiger partial charge in [0.25, 0.3) is 0 Å².